The molecule has 0 bridgehead atoms. The second kappa shape index (κ2) is 4.42. The highest BCUT2D eigenvalue weighted by Gasteiger charge is 2.12. The molecule has 0 aliphatic carbocycles. The average molecular weight is 232 g/mol. The number of thiazole rings is 1. The van der Waals surface area contributed by atoms with Gasteiger partial charge in [0.2, 0.25) is 0 Å². The molecular weight excluding hydrogens is 223 g/mol. The normalized spacial score (nSPS) is 10.1. The summed E-state index contributed by atoms with van der Waals surface area (Å²) in [5.74, 6) is -0.484. The Hall–Kier alpha value is -1.73. The van der Waals surface area contributed by atoms with Crippen molar-refractivity contribution >= 4 is 11.3 Å². The van der Waals surface area contributed by atoms with E-state index in [1.807, 2.05) is 13.0 Å². The van der Waals surface area contributed by atoms with Crippen LogP contribution in [-0.2, 0) is 6.42 Å². The van der Waals surface area contributed by atoms with Gasteiger partial charge in [-0.2, -0.15) is 5.26 Å². The molecule has 4 heteroatoms. The molecule has 1 aromatic heterocycles. The lowest BCUT2D eigenvalue weighted by Crippen LogP contribution is -1.87. The van der Waals surface area contributed by atoms with Crippen LogP contribution in [0.1, 0.15) is 17.4 Å². The number of halogens is 1. The second-order valence-electron chi connectivity index (χ2n) is 3.26. The van der Waals surface area contributed by atoms with Gasteiger partial charge in [0.1, 0.15) is 11.1 Å². The first-order valence-corrected chi connectivity index (χ1v) is 5.71. The van der Waals surface area contributed by atoms with E-state index in [9.17, 15) is 4.39 Å². The maximum Gasteiger partial charge on any atom is 0.151 e. The van der Waals surface area contributed by atoms with Gasteiger partial charge < -0.3 is 0 Å². The van der Waals surface area contributed by atoms with Crippen molar-refractivity contribution in [2.24, 2.45) is 0 Å². The summed E-state index contributed by atoms with van der Waals surface area (Å²) in [5.41, 5.74) is 0.467. The lowest BCUT2D eigenvalue weighted by atomic mass is 10.1. The Morgan fingerprint density at radius 2 is 2.31 bits per heavy atom. The molecule has 0 atom stereocenters. The molecule has 0 N–H and O–H groups in total. The van der Waals surface area contributed by atoms with Crippen LogP contribution in [0.4, 0.5) is 4.39 Å². The fourth-order valence-electron chi connectivity index (χ4n) is 1.38. The number of hydrogen-bond donors (Lipinski definition) is 0. The van der Waals surface area contributed by atoms with Crippen molar-refractivity contribution in [1.82, 2.24) is 4.98 Å². The molecule has 0 aliphatic rings. The van der Waals surface area contributed by atoms with Crippen molar-refractivity contribution in [1.29, 1.82) is 5.26 Å². The van der Waals surface area contributed by atoms with E-state index in [2.05, 4.69) is 4.98 Å². The molecule has 1 heterocycles. The molecule has 0 fully saturated rings. The molecule has 80 valence electrons. The molecule has 2 rings (SSSR count). The minimum atomic E-state index is -0.484. The van der Waals surface area contributed by atoms with Crippen LogP contribution in [-0.4, -0.2) is 4.98 Å². The molecule has 2 nitrogen and oxygen atoms in total. The highest BCUT2D eigenvalue weighted by molar-refractivity contribution is 7.15. The van der Waals surface area contributed by atoms with Crippen LogP contribution in [0.2, 0.25) is 0 Å². The lowest BCUT2D eigenvalue weighted by Gasteiger charge is -1.99. The van der Waals surface area contributed by atoms with Crippen LogP contribution in [0.25, 0.3) is 10.6 Å². The van der Waals surface area contributed by atoms with Gasteiger partial charge >= 0.3 is 0 Å². The molecular formula is C12H9FN2S. The minimum Gasteiger partial charge on any atom is -0.244 e. The smallest absolute Gasteiger partial charge is 0.151 e. The third kappa shape index (κ3) is 1.82. The van der Waals surface area contributed by atoms with Gasteiger partial charge in [0.05, 0.1) is 5.56 Å². The summed E-state index contributed by atoms with van der Waals surface area (Å²) in [6.07, 6.45) is 2.63. The van der Waals surface area contributed by atoms with E-state index in [1.54, 1.807) is 18.3 Å². The van der Waals surface area contributed by atoms with Crippen molar-refractivity contribution in [3.63, 3.8) is 0 Å². The molecule has 0 radical (unpaired) electrons. The zero-order chi connectivity index (χ0) is 11.5. The maximum atomic E-state index is 13.8. The SMILES string of the molecule is CCc1cnc(-c2cccc(C#N)c2F)s1. The fourth-order valence-corrected chi connectivity index (χ4v) is 2.25. The van der Waals surface area contributed by atoms with E-state index in [4.69, 9.17) is 5.26 Å². The van der Waals surface area contributed by atoms with Crippen LogP contribution in [0.15, 0.2) is 24.4 Å². The Morgan fingerprint density at radius 1 is 1.50 bits per heavy atom. The summed E-state index contributed by atoms with van der Waals surface area (Å²) in [6.45, 7) is 2.03. The molecule has 0 aliphatic heterocycles. The summed E-state index contributed by atoms with van der Waals surface area (Å²) < 4.78 is 13.8. The van der Waals surface area contributed by atoms with Crippen LogP contribution < -0.4 is 0 Å². The quantitative estimate of drug-likeness (QED) is 0.795. The van der Waals surface area contributed by atoms with Crippen LogP contribution in [0, 0.1) is 17.1 Å². The summed E-state index contributed by atoms with van der Waals surface area (Å²) in [4.78, 5) is 5.27. The Morgan fingerprint density at radius 3 is 2.94 bits per heavy atom. The fraction of sp³-hybridized carbons (Fsp3) is 0.167. The van der Waals surface area contributed by atoms with Gasteiger partial charge in [-0.3, -0.25) is 0 Å². The highest BCUT2D eigenvalue weighted by atomic mass is 32.1. The van der Waals surface area contributed by atoms with Crippen LogP contribution in [0.3, 0.4) is 0 Å². The largest absolute Gasteiger partial charge is 0.244 e. The number of nitriles is 1. The summed E-state index contributed by atoms with van der Waals surface area (Å²) in [6, 6.07) is 6.61. The van der Waals surface area contributed by atoms with Gasteiger partial charge in [0.25, 0.3) is 0 Å². The van der Waals surface area contributed by atoms with Crippen molar-refractivity contribution < 1.29 is 4.39 Å². The number of nitrogens with zero attached hydrogens (tertiary/aromatic N) is 2. The predicted octanol–water partition coefficient (Wildman–Crippen LogP) is 3.38. The number of rotatable bonds is 2. The Labute approximate surface area is 97.0 Å². The first kappa shape index (κ1) is 10.8. The lowest BCUT2D eigenvalue weighted by molar-refractivity contribution is 0.627. The number of benzene rings is 1. The zero-order valence-corrected chi connectivity index (χ0v) is 9.51. The van der Waals surface area contributed by atoms with Gasteiger partial charge in [-0.05, 0) is 18.6 Å². The first-order chi connectivity index (χ1) is 7.76. The van der Waals surface area contributed by atoms with Gasteiger partial charge in [-0.15, -0.1) is 11.3 Å². The van der Waals surface area contributed by atoms with E-state index in [0.29, 0.717) is 10.6 Å². The van der Waals surface area contributed by atoms with Gasteiger partial charge in [-0.1, -0.05) is 13.0 Å². The van der Waals surface area contributed by atoms with E-state index in [0.717, 1.165) is 11.3 Å². The van der Waals surface area contributed by atoms with Crippen LogP contribution in [0.5, 0.6) is 0 Å². The molecule has 0 saturated heterocycles. The third-order valence-electron chi connectivity index (χ3n) is 2.25. The van der Waals surface area contributed by atoms with Crippen molar-refractivity contribution in [2.45, 2.75) is 13.3 Å². The van der Waals surface area contributed by atoms with E-state index in [1.165, 1.54) is 17.4 Å². The van der Waals surface area contributed by atoms with E-state index < -0.39 is 5.82 Å². The number of hydrogen-bond acceptors (Lipinski definition) is 3. The van der Waals surface area contributed by atoms with Gasteiger partial charge in [0, 0.05) is 16.6 Å². The summed E-state index contributed by atoms with van der Waals surface area (Å²) in [5, 5.41) is 9.37. The second-order valence-corrected chi connectivity index (χ2v) is 4.38. The molecule has 0 spiro atoms. The maximum absolute atomic E-state index is 13.8. The van der Waals surface area contributed by atoms with Gasteiger partial charge in [-0.25, -0.2) is 9.37 Å². The number of aryl methyl sites for hydroxylation is 1. The highest BCUT2D eigenvalue weighted by Crippen LogP contribution is 2.28. The zero-order valence-electron chi connectivity index (χ0n) is 8.70. The topological polar surface area (TPSA) is 36.7 Å². The summed E-state index contributed by atoms with van der Waals surface area (Å²) >= 11 is 1.46. The average Bonchev–Trinajstić information content (AvgIpc) is 2.78. The van der Waals surface area contributed by atoms with E-state index in [-0.39, 0.29) is 5.56 Å². The standard InChI is InChI=1S/C12H9FN2S/c1-2-9-7-15-12(16-9)10-5-3-4-8(6-14)11(10)13/h3-5,7H,2H2,1H3. The van der Waals surface area contributed by atoms with Crippen LogP contribution >= 0.6 is 11.3 Å². The Bertz CT molecular complexity index is 554. The molecule has 0 saturated carbocycles. The monoisotopic (exact) mass is 232 g/mol. The van der Waals surface area contributed by atoms with Crippen molar-refractivity contribution in [2.75, 3.05) is 0 Å². The molecule has 1 aromatic carbocycles. The first-order valence-electron chi connectivity index (χ1n) is 4.90. The Balaban J connectivity index is 2.52. The molecule has 0 amide bonds. The van der Waals surface area contributed by atoms with Gasteiger partial charge in [0.15, 0.2) is 5.82 Å². The number of aromatic nitrogens is 1. The summed E-state index contributed by atoms with van der Waals surface area (Å²) in [7, 11) is 0. The predicted molar refractivity (Wildman–Crippen MR) is 61.6 cm³/mol. The Kier molecular flexibility index (Phi) is 2.97. The molecule has 2 aromatic rings. The van der Waals surface area contributed by atoms with E-state index >= 15 is 0 Å². The van der Waals surface area contributed by atoms with Crippen molar-refractivity contribution in [3.05, 3.63) is 40.7 Å². The third-order valence-corrected chi connectivity index (χ3v) is 3.43. The molecule has 0 unspecified atom stereocenters. The van der Waals surface area contributed by atoms with Crippen molar-refractivity contribution in [3.8, 4) is 16.6 Å². The minimum absolute atomic E-state index is 0.0609. The molecule has 16 heavy (non-hydrogen) atoms.